The number of amides is 2. The van der Waals surface area contributed by atoms with Crippen molar-refractivity contribution in [3.05, 3.63) is 30.2 Å². The first-order chi connectivity index (χ1) is 12.6. The number of H-pyrrole nitrogens is 1. The van der Waals surface area contributed by atoms with E-state index in [1.165, 1.54) is 25.7 Å². The lowest BCUT2D eigenvalue weighted by Gasteiger charge is -2.40. The third-order valence-corrected chi connectivity index (χ3v) is 6.19. The maximum absolute atomic E-state index is 12.7. The number of fused-ring (bicyclic) bond motifs is 1. The number of hydrogen-bond donors (Lipinski definition) is 2. The van der Waals surface area contributed by atoms with Crippen LogP contribution in [0.3, 0.4) is 0 Å². The van der Waals surface area contributed by atoms with Crippen LogP contribution in [0, 0.1) is 5.41 Å². The number of hydrogen-bond acceptors (Lipinski definition) is 3. The van der Waals surface area contributed by atoms with Crippen molar-refractivity contribution in [2.75, 3.05) is 13.1 Å². The normalized spacial score (nSPS) is 20.4. The lowest BCUT2D eigenvalue weighted by Crippen LogP contribution is -2.50. The highest BCUT2D eigenvalue weighted by molar-refractivity contribution is 5.99. The van der Waals surface area contributed by atoms with Gasteiger partial charge in [0.2, 0.25) is 5.91 Å². The molecule has 4 rings (SSSR count). The van der Waals surface area contributed by atoms with E-state index in [0.717, 1.165) is 36.8 Å². The Kier molecular flexibility index (Phi) is 4.42. The lowest BCUT2D eigenvalue weighted by molar-refractivity contribution is -0.135. The van der Waals surface area contributed by atoms with Crippen molar-refractivity contribution >= 4 is 22.7 Å². The highest BCUT2D eigenvalue weighted by atomic mass is 16.2. The number of nitrogens with one attached hydrogen (secondary N) is 2. The summed E-state index contributed by atoms with van der Waals surface area (Å²) in [5.74, 6) is -0.240. The maximum atomic E-state index is 12.7. The van der Waals surface area contributed by atoms with Gasteiger partial charge in [0.25, 0.3) is 5.91 Å². The van der Waals surface area contributed by atoms with E-state index in [4.69, 9.17) is 0 Å². The van der Waals surface area contributed by atoms with Crippen LogP contribution in [-0.4, -0.2) is 45.8 Å². The van der Waals surface area contributed by atoms with Gasteiger partial charge in [-0.3, -0.25) is 14.6 Å². The fourth-order valence-corrected chi connectivity index (χ4v) is 4.53. The molecule has 1 aliphatic carbocycles. The highest BCUT2D eigenvalue weighted by Gasteiger charge is 2.38. The van der Waals surface area contributed by atoms with Crippen molar-refractivity contribution in [2.45, 2.75) is 51.5 Å². The zero-order chi connectivity index (χ0) is 18.1. The molecule has 2 aliphatic rings. The number of aromatic nitrogens is 2. The Morgan fingerprint density at radius 1 is 1.23 bits per heavy atom. The van der Waals surface area contributed by atoms with Gasteiger partial charge in [-0.1, -0.05) is 12.8 Å². The number of carbonyl (C=O) groups excluding carboxylic acids is 2. The van der Waals surface area contributed by atoms with Crippen molar-refractivity contribution in [1.29, 1.82) is 0 Å². The van der Waals surface area contributed by atoms with Crippen LogP contribution in [-0.2, 0) is 4.79 Å². The second kappa shape index (κ2) is 6.74. The molecule has 1 saturated heterocycles. The molecule has 6 heteroatoms. The Hall–Kier alpha value is -2.37. The van der Waals surface area contributed by atoms with Crippen molar-refractivity contribution in [3.8, 4) is 0 Å². The van der Waals surface area contributed by atoms with Crippen LogP contribution in [0.25, 0.3) is 10.9 Å². The van der Waals surface area contributed by atoms with E-state index in [1.807, 2.05) is 11.0 Å². The molecule has 26 heavy (non-hydrogen) atoms. The highest BCUT2D eigenvalue weighted by Crippen LogP contribution is 2.46. The van der Waals surface area contributed by atoms with E-state index >= 15 is 0 Å². The average Bonchev–Trinajstić information content (AvgIpc) is 3.29. The molecule has 138 valence electrons. The van der Waals surface area contributed by atoms with E-state index in [1.54, 1.807) is 25.4 Å². The van der Waals surface area contributed by atoms with Gasteiger partial charge in [-0.25, -0.2) is 0 Å². The molecule has 2 fully saturated rings. The Bertz CT molecular complexity index is 779. The molecule has 2 aromatic rings. The van der Waals surface area contributed by atoms with Gasteiger partial charge < -0.3 is 15.2 Å². The molecule has 3 heterocycles. The smallest absolute Gasteiger partial charge is 0.268 e. The Morgan fingerprint density at radius 3 is 2.65 bits per heavy atom. The maximum Gasteiger partial charge on any atom is 0.268 e. The standard InChI is InChI=1S/C20H26N4O2/c1-14(19(26)24-10-7-20(8-11-24)5-2-3-6-20)22-18(25)16-12-15-4-9-21-13-17(15)23-16/h4,9,12-14,23H,2-3,5-8,10-11H2,1H3,(H,22,25)/t14-/m0/s1. The van der Waals surface area contributed by atoms with Gasteiger partial charge in [0.1, 0.15) is 11.7 Å². The van der Waals surface area contributed by atoms with Crippen LogP contribution >= 0.6 is 0 Å². The molecule has 1 aliphatic heterocycles. The summed E-state index contributed by atoms with van der Waals surface area (Å²) in [5, 5.41) is 3.77. The van der Waals surface area contributed by atoms with Gasteiger partial charge in [-0.05, 0) is 50.2 Å². The Morgan fingerprint density at radius 2 is 1.96 bits per heavy atom. The minimum Gasteiger partial charge on any atom is -0.349 e. The van der Waals surface area contributed by atoms with Gasteiger partial charge in [0, 0.05) is 24.7 Å². The van der Waals surface area contributed by atoms with Crippen LogP contribution in [0.1, 0.15) is 55.9 Å². The molecular weight excluding hydrogens is 328 g/mol. The van der Waals surface area contributed by atoms with Crippen LogP contribution in [0.5, 0.6) is 0 Å². The molecule has 2 N–H and O–H groups in total. The fraction of sp³-hybridized carbons (Fsp3) is 0.550. The summed E-state index contributed by atoms with van der Waals surface area (Å²) in [6, 6.07) is 3.11. The van der Waals surface area contributed by atoms with E-state index in [2.05, 4.69) is 15.3 Å². The second-order valence-electron chi connectivity index (χ2n) is 7.87. The first-order valence-corrected chi connectivity index (χ1v) is 9.59. The van der Waals surface area contributed by atoms with E-state index < -0.39 is 6.04 Å². The van der Waals surface area contributed by atoms with Gasteiger partial charge >= 0.3 is 0 Å². The minimum absolute atomic E-state index is 0.0176. The van der Waals surface area contributed by atoms with E-state index in [9.17, 15) is 9.59 Å². The number of nitrogens with zero attached hydrogens (tertiary/aromatic N) is 2. The zero-order valence-electron chi connectivity index (χ0n) is 15.3. The largest absolute Gasteiger partial charge is 0.349 e. The number of pyridine rings is 1. The third-order valence-electron chi connectivity index (χ3n) is 6.19. The quantitative estimate of drug-likeness (QED) is 0.890. The Balaban J connectivity index is 1.35. The van der Waals surface area contributed by atoms with Crippen molar-refractivity contribution < 1.29 is 9.59 Å². The Labute approximate surface area is 153 Å². The topological polar surface area (TPSA) is 78.1 Å². The first-order valence-electron chi connectivity index (χ1n) is 9.59. The van der Waals surface area contributed by atoms with Gasteiger partial charge in [-0.2, -0.15) is 0 Å². The molecule has 1 atom stereocenters. The number of piperidine rings is 1. The third kappa shape index (κ3) is 3.20. The molecule has 0 radical (unpaired) electrons. The summed E-state index contributed by atoms with van der Waals surface area (Å²) < 4.78 is 0. The fourth-order valence-electron chi connectivity index (χ4n) is 4.53. The monoisotopic (exact) mass is 354 g/mol. The molecule has 0 unspecified atom stereocenters. The summed E-state index contributed by atoms with van der Waals surface area (Å²) >= 11 is 0. The summed E-state index contributed by atoms with van der Waals surface area (Å²) in [6.45, 7) is 3.40. The summed E-state index contributed by atoms with van der Waals surface area (Å²) in [6.07, 6.45) is 10.9. The van der Waals surface area contributed by atoms with Gasteiger partial charge in [-0.15, -0.1) is 0 Å². The number of rotatable bonds is 3. The number of carbonyl (C=O) groups is 2. The van der Waals surface area contributed by atoms with Gasteiger partial charge in [0.05, 0.1) is 11.7 Å². The molecule has 0 aromatic carbocycles. The summed E-state index contributed by atoms with van der Waals surface area (Å²) in [7, 11) is 0. The molecule has 2 amide bonds. The first kappa shape index (κ1) is 17.1. The summed E-state index contributed by atoms with van der Waals surface area (Å²) in [4.78, 5) is 34.2. The average molecular weight is 354 g/mol. The summed E-state index contributed by atoms with van der Waals surface area (Å²) in [5.41, 5.74) is 1.76. The lowest BCUT2D eigenvalue weighted by atomic mass is 9.77. The van der Waals surface area contributed by atoms with Crippen LogP contribution in [0.15, 0.2) is 24.5 Å². The molecule has 1 spiro atoms. The van der Waals surface area contributed by atoms with Crippen LogP contribution in [0.4, 0.5) is 0 Å². The molecule has 6 nitrogen and oxygen atoms in total. The predicted octanol–water partition coefficient (Wildman–Crippen LogP) is 2.86. The van der Waals surface area contributed by atoms with Crippen LogP contribution < -0.4 is 5.32 Å². The van der Waals surface area contributed by atoms with E-state index in [-0.39, 0.29) is 11.8 Å². The van der Waals surface area contributed by atoms with Crippen molar-refractivity contribution in [2.24, 2.45) is 5.41 Å². The molecule has 1 saturated carbocycles. The van der Waals surface area contributed by atoms with E-state index in [0.29, 0.717) is 11.1 Å². The number of aromatic amines is 1. The van der Waals surface area contributed by atoms with Gasteiger partial charge in [0.15, 0.2) is 0 Å². The van der Waals surface area contributed by atoms with Crippen LogP contribution in [0.2, 0.25) is 0 Å². The second-order valence-corrected chi connectivity index (χ2v) is 7.87. The predicted molar refractivity (Wildman–Crippen MR) is 99.7 cm³/mol. The van der Waals surface area contributed by atoms with Crippen molar-refractivity contribution in [3.63, 3.8) is 0 Å². The zero-order valence-corrected chi connectivity index (χ0v) is 15.3. The minimum atomic E-state index is -0.523. The van der Waals surface area contributed by atoms with Crippen molar-refractivity contribution in [1.82, 2.24) is 20.2 Å². The SMILES string of the molecule is C[C@H](NC(=O)c1cc2ccncc2[nH]1)C(=O)N1CCC2(CCCC2)CC1. The molecule has 0 bridgehead atoms. The number of likely N-dealkylation sites (tertiary alicyclic amines) is 1. The molecule has 2 aromatic heterocycles. The molecular formula is C20H26N4O2.